The van der Waals surface area contributed by atoms with Gasteiger partial charge in [0.05, 0.1) is 6.61 Å². The molecule has 0 bridgehead atoms. The minimum Gasteiger partial charge on any atom is -0.366 e. The van der Waals surface area contributed by atoms with Gasteiger partial charge >= 0.3 is 0 Å². The Hall–Kier alpha value is -0.650. The second kappa shape index (κ2) is 4.04. The minimum absolute atomic E-state index is 0.0599. The maximum Gasteiger partial charge on any atom is 0.267 e. The lowest BCUT2D eigenvalue weighted by molar-refractivity contribution is -0.146. The van der Waals surface area contributed by atoms with Crippen molar-refractivity contribution < 1.29 is 9.53 Å². The fourth-order valence-electron chi connectivity index (χ4n) is 1.62. The number of amides is 1. The molecule has 0 aliphatic carbocycles. The van der Waals surface area contributed by atoms with Crippen molar-refractivity contribution in [3.63, 3.8) is 0 Å². The molecule has 0 radical (unpaired) electrons. The van der Waals surface area contributed by atoms with Crippen LogP contribution in [0.4, 0.5) is 0 Å². The van der Waals surface area contributed by atoms with Crippen LogP contribution in [0.25, 0.3) is 0 Å². The zero-order valence-electron chi connectivity index (χ0n) is 7.58. The van der Waals surface area contributed by atoms with E-state index in [0.717, 1.165) is 26.1 Å². The minimum atomic E-state index is -0.292. The summed E-state index contributed by atoms with van der Waals surface area (Å²) in [5, 5.41) is 4.80. The van der Waals surface area contributed by atoms with Gasteiger partial charge in [-0.2, -0.15) is 0 Å². The first kappa shape index (κ1) is 8.93. The first-order valence-corrected chi connectivity index (χ1v) is 4.75. The van der Waals surface area contributed by atoms with Crippen molar-refractivity contribution >= 4 is 5.91 Å². The lowest BCUT2D eigenvalue weighted by Crippen LogP contribution is -2.51. The molecule has 0 spiro atoms. The standard InChI is InChI=1S/C8H15N3O2/c12-8(11-4-1-2-10-11)7-6-9-3-5-13-7/h7,9-10H,1-6H2/t7-/m1/s1. The number of nitrogens with zero attached hydrogens (tertiary/aromatic N) is 1. The SMILES string of the molecule is O=C([C@H]1CNCCO1)N1CCCN1. The van der Waals surface area contributed by atoms with Gasteiger partial charge < -0.3 is 10.1 Å². The number of carbonyl (C=O) groups is 1. The normalized spacial score (nSPS) is 29.2. The van der Waals surface area contributed by atoms with E-state index in [2.05, 4.69) is 10.7 Å². The van der Waals surface area contributed by atoms with E-state index in [-0.39, 0.29) is 12.0 Å². The molecule has 0 aromatic heterocycles. The fraction of sp³-hybridized carbons (Fsp3) is 0.875. The van der Waals surface area contributed by atoms with Crippen LogP contribution < -0.4 is 10.7 Å². The molecule has 0 aromatic rings. The number of hydrazine groups is 1. The summed E-state index contributed by atoms with van der Waals surface area (Å²) in [5.41, 5.74) is 3.03. The van der Waals surface area contributed by atoms with Crippen LogP contribution in [0.3, 0.4) is 0 Å². The van der Waals surface area contributed by atoms with E-state index < -0.39 is 0 Å². The van der Waals surface area contributed by atoms with Crippen molar-refractivity contribution in [3.05, 3.63) is 0 Å². The second-order valence-electron chi connectivity index (χ2n) is 3.32. The van der Waals surface area contributed by atoms with Crippen molar-refractivity contribution in [1.29, 1.82) is 0 Å². The molecule has 2 N–H and O–H groups in total. The van der Waals surface area contributed by atoms with E-state index in [9.17, 15) is 4.79 Å². The Morgan fingerprint density at radius 1 is 1.46 bits per heavy atom. The molecule has 1 atom stereocenters. The van der Waals surface area contributed by atoms with E-state index in [4.69, 9.17) is 4.74 Å². The fourth-order valence-corrected chi connectivity index (χ4v) is 1.62. The molecule has 0 aromatic carbocycles. The summed E-state index contributed by atoms with van der Waals surface area (Å²) < 4.78 is 5.36. The lowest BCUT2D eigenvalue weighted by Gasteiger charge is -2.26. The van der Waals surface area contributed by atoms with Gasteiger partial charge in [0, 0.05) is 26.2 Å². The van der Waals surface area contributed by atoms with Crippen LogP contribution in [0, 0.1) is 0 Å². The number of morpholine rings is 1. The molecule has 5 nitrogen and oxygen atoms in total. The monoisotopic (exact) mass is 185 g/mol. The summed E-state index contributed by atoms with van der Waals surface area (Å²) in [6, 6.07) is 0. The summed E-state index contributed by atoms with van der Waals surface area (Å²) in [5.74, 6) is 0.0599. The van der Waals surface area contributed by atoms with E-state index in [0.29, 0.717) is 13.2 Å². The molecule has 2 fully saturated rings. The molecule has 13 heavy (non-hydrogen) atoms. The molecule has 2 rings (SSSR count). The van der Waals surface area contributed by atoms with Crippen molar-refractivity contribution in [2.24, 2.45) is 0 Å². The summed E-state index contributed by atoms with van der Waals surface area (Å²) in [4.78, 5) is 11.7. The van der Waals surface area contributed by atoms with E-state index in [1.165, 1.54) is 0 Å². The third-order valence-electron chi connectivity index (χ3n) is 2.33. The van der Waals surface area contributed by atoms with Gasteiger partial charge in [0.2, 0.25) is 0 Å². The van der Waals surface area contributed by atoms with Crippen molar-refractivity contribution in [1.82, 2.24) is 15.8 Å². The largest absolute Gasteiger partial charge is 0.366 e. The maximum absolute atomic E-state index is 11.7. The van der Waals surface area contributed by atoms with Crippen LogP contribution in [-0.2, 0) is 9.53 Å². The van der Waals surface area contributed by atoms with Crippen LogP contribution in [-0.4, -0.2) is 49.8 Å². The van der Waals surface area contributed by atoms with Gasteiger partial charge in [0.25, 0.3) is 5.91 Å². The second-order valence-corrected chi connectivity index (χ2v) is 3.32. The number of ether oxygens (including phenoxy) is 1. The Bertz CT molecular complexity index is 186. The van der Waals surface area contributed by atoms with E-state index in [1.807, 2.05) is 0 Å². The first-order valence-electron chi connectivity index (χ1n) is 4.75. The Labute approximate surface area is 77.4 Å². The summed E-state index contributed by atoms with van der Waals surface area (Å²) >= 11 is 0. The molecule has 1 amide bonds. The molecule has 0 saturated carbocycles. The summed E-state index contributed by atoms with van der Waals surface area (Å²) in [7, 11) is 0. The highest BCUT2D eigenvalue weighted by molar-refractivity contribution is 5.81. The van der Waals surface area contributed by atoms with Gasteiger partial charge in [0.1, 0.15) is 6.10 Å². The number of hydrogen-bond acceptors (Lipinski definition) is 4. The molecule has 2 heterocycles. The smallest absolute Gasteiger partial charge is 0.267 e. The van der Waals surface area contributed by atoms with Crippen molar-refractivity contribution in [2.45, 2.75) is 12.5 Å². The Morgan fingerprint density at radius 3 is 3.00 bits per heavy atom. The molecule has 2 saturated heterocycles. The van der Waals surface area contributed by atoms with Crippen molar-refractivity contribution in [3.8, 4) is 0 Å². The summed E-state index contributed by atoms with van der Waals surface area (Å²) in [6.07, 6.45) is 0.741. The van der Waals surface area contributed by atoms with E-state index >= 15 is 0 Å². The van der Waals surface area contributed by atoms with Crippen LogP contribution in [0.5, 0.6) is 0 Å². The van der Waals surface area contributed by atoms with Crippen LogP contribution in [0.15, 0.2) is 0 Å². The van der Waals surface area contributed by atoms with Gasteiger partial charge in [0.15, 0.2) is 0 Å². The zero-order chi connectivity index (χ0) is 9.10. The third kappa shape index (κ3) is 1.99. The number of carbonyl (C=O) groups excluding carboxylic acids is 1. The molecule has 0 unspecified atom stereocenters. The molecule has 2 aliphatic heterocycles. The molecular formula is C8H15N3O2. The predicted molar refractivity (Wildman–Crippen MR) is 46.9 cm³/mol. The van der Waals surface area contributed by atoms with Crippen LogP contribution in [0.2, 0.25) is 0 Å². The lowest BCUT2D eigenvalue weighted by atomic mass is 10.3. The van der Waals surface area contributed by atoms with Crippen molar-refractivity contribution in [2.75, 3.05) is 32.8 Å². The molecule has 74 valence electrons. The Kier molecular flexibility index (Phi) is 2.77. The maximum atomic E-state index is 11.7. The van der Waals surface area contributed by atoms with Gasteiger partial charge in [-0.15, -0.1) is 0 Å². The van der Waals surface area contributed by atoms with Crippen LogP contribution >= 0.6 is 0 Å². The van der Waals surface area contributed by atoms with E-state index in [1.54, 1.807) is 5.01 Å². The Balaban J connectivity index is 1.87. The van der Waals surface area contributed by atoms with Gasteiger partial charge in [-0.05, 0) is 6.42 Å². The molecular weight excluding hydrogens is 170 g/mol. The summed E-state index contributed by atoms with van der Waals surface area (Å²) in [6.45, 7) is 3.81. The van der Waals surface area contributed by atoms with Gasteiger partial charge in [-0.1, -0.05) is 0 Å². The average molecular weight is 185 g/mol. The zero-order valence-corrected chi connectivity index (χ0v) is 7.58. The highest BCUT2D eigenvalue weighted by atomic mass is 16.5. The quantitative estimate of drug-likeness (QED) is 0.534. The predicted octanol–water partition coefficient (Wildman–Crippen LogP) is -1.29. The van der Waals surface area contributed by atoms with Gasteiger partial charge in [-0.25, -0.2) is 5.43 Å². The molecule has 2 aliphatic rings. The number of hydrogen-bond donors (Lipinski definition) is 2. The first-order chi connectivity index (χ1) is 6.38. The third-order valence-corrected chi connectivity index (χ3v) is 2.33. The number of nitrogens with one attached hydrogen (secondary N) is 2. The number of rotatable bonds is 1. The van der Waals surface area contributed by atoms with Crippen LogP contribution in [0.1, 0.15) is 6.42 Å². The van der Waals surface area contributed by atoms with Gasteiger partial charge in [-0.3, -0.25) is 9.80 Å². The topological polar surface area (TPSA) is 53.6 Å². The average Bonchev–Trinajstić information content (AvgIpc) is 2.71. The Morgan fingerprint density at radius 2 is 2.38 bits per heavy atom. The highest BCUT2D eigenvalue weighted by Crippen LogP contribution is 2.04. The highest BCUT2D eigenvalue weighted by Gasteiger charge is 2.28. The molecule has 5 heteroatoms.